The number of benzene rings is 1. The number of rotatable bonds is 3. The number of carbonyl (C=O) groups excluding carboxylic acids is 2. The Morgan fingerprint density at radius 3 is 2.50 bits per heavy atom. The largest absolute Gasteiger partial charge is 0.349 e. The molecule has 4 nitrogen and oxygen atoms in total. The zero-order valence-corrected chi connectivity index (χ0v) is 13.2. The number of nitrogens with zero attached hydrogens (tertiary/aromatic N) is 1. The van der Waals surface area contributed by atoms with Gasteiger partial charge in [0.15, 0.2) is 0 Å². The van der Waals surface area contributed by atoms with Gasteiger partial charge in [0.05, 0.1) is 0 Å². The molecule has 0 spiro atoms. The standard InChI is InChI=1S/C18H24N2O2/c1-13-5-2-3-6-16(13)19-18(22)14-8-10-15(11-9-14)20-12-4-7-17(20)21/h8-11,13,16H,2-7,12H2,1H3,(H,19,22)/t13-,16-/m1/s1. The lowest BCUT2D eigenvalue weighted by atomic mass is 9.86. The van der Waals surface area contributed by atoms with Crippen LogP contribution in [0.15, 0.2) is 24.3 Å². The molecule has 1 saturated heterocycles. The third-order valence-electron chi connectivity index (χ3n) is 4.94. The van der Waals surface area contributed by atoms with Gasteiger partial charge in [0.2, 0.25) is 5.91 Å². The summed E-state index contributed by atoms with van der Waals surface area (Å²) in [6.07, 6.45) is 6.29. The fraction of sp³-hybridized carbons (Fsp3) is 0.556. The summed E-state index contributed by atoms with van der Waals surface area (Å²) in [7, 11) is 0. The Morgan fingerprint density at radius 2 is 1.86 bits per heavy atom. The highest BCUT2D eigenvalue weighted by atomic mass is 16.2. The first kappa shape index (κ1) is 15.1. The third kappa shape index (κ3) is 3.16. The Balaban J connectivity index is 1.64. The highest BCUT2D eigenvalue weighted by molar-refractivity contribution is 5.97. The van der Waals surface area contributed by atoms with Crippen molar-refractivity contribution in [1.82, 2.24) is 5.32 Å². The molecule has 2 aliphatic rings. The first-order valence-electron chi connectivity index (χ1n) is 8.36. The Hall–Kier alpha value is -1.84. The number of amides is 2. The predicted molar refractivity (Wildman–Crippen MR) is 86.9 cm³/mol. The maximum atomic E-state index is 12.4. The second-order valence-electron chi connectivity index (χ2n) is 6.54. The molecule has 2 atom stereocenters. The smallest absolute Gasteiger partial charge is 0.251 e. The minimum absolute atomic E-state index is 0.00181. The van der Waals surface area contributed by atoms with Crippen molar-refractivity contribution in [3.63, 3.8) is 0 Å². The van der Waals surface area contributed by atoms with E-state index in [1.807, 2.05) is 24.3 Å². The van der Waals surface area contributed by atoms with Gasteiger partial charge >= 0.3 is 0 Å². The van der Waals surface area contributed by atoms with Crippen LogP contribution < -0.4 is 10.2 Å². The van der Waals surface area contributed by atoms with E-state index >= 15 is 0 Å². The zero-order chi connectivity index (χ0) is 15.5. The van der Waals surface area contributed by atoms with Crippen molar-refractivity contribution in [2.75, 3.05) is 11.4 Å². The monoisotopic (exact) mass is 300 g/mol. The average molecular weight is 300 g/mol. The molecule has 2 amide bonds. The molecule has 1 heterocycles. The SMILES string of the molecule is C[C@@H]1CCCC[C@H]1NC(=O)c1ccc(N2CCCC2=O)cc1. The number of hydrogen-bond acceptors (Lipinski definition) is 2. The van der Waals surface area contributed by atoms with Gasteiger partial charge in [-0.3, -0.25) is 9.59 Å². The summed E-state index contributed by atoms with van der Waals surface area (Å²) < 4.78 is 0. The molecule has 3 rings (SSSR count). The molecule has 1 aromatic rings. The van der Waals surface area contributed by atoms with Crippen molar-refractivity contribution >= 4 is 17.5 Å². The second-order valence-corrected chi connectivity index (χ2v) is 6.54. The molecule has 22 heavy (non-hydrogen) atoms. The van der Waals surface area contributed by atoms with Gasteiger partial charge in [-0.25, -0.2) is 0 Å². The van der Waals surface area contributed by atoms with Crippen LogP contribution in [0.5, 0.6) is 0 Å². The Kier molecular flexibility index (Phi) is 4.46. The van der Waals surface area contributed by atoms with Crippen LogP contribution in [-0.4, -0.2) is 24.4 Å². The van der Waals surface area contributed by atoms with Crippen LogP contribution in [0, 0.1) is 5.92 Å². The van der Waals surface area contributed by atoms with Crippen molar-refractivity contribution in [1.29, 1.82) is 0 Å². The zero-order valence-electron chi connectivity index (χ0n) is 13.2. The normalized spacial score (nSPS) is 25.3. The van der Waals surface area contributed by atoms with Crippen LogP contribution >= 0.6 is 0 Å². The van der Waals surface area contributed by atoms with Gasteiger partial charge in [-0.15, -0.1) is 0 Å². The maximum Gasteiger partial charge on any atom is 0.251 e. The molecule has 1 aliphatic carbocycles. The Bertz CT molecular complexity index is 553. The third-order valence-corrected chi connectivity index (χ3v) is 4.94. The molecule has 4 heteroatoms. The van der Waals surface area contributed by atoms with Crippen molar-refractivity contribution in [3.05, 3.63) is 29.8 Å². The summed E-state index contributed by atoms with van der Waals surface area (Å²) in [6.45, 7) is 3.00. The van der Waals surface area contributed by atoms with E-state index in [0.29, 0.717) is 23.9 Å². The number of carbonyl (C=O) groups is 2. The van der Waals surface area contributed by atoms with Crippen LogP contribution in [0.1, 0.15) is 55.8 Å². The number of anilines is 1. The van der Waals surface area contributed by atoms with Gasteiger partial charge in [-0.05, 0) is 49.4 Å². The molecule has 118 valence electrons. The van der Waals surface area contributed by atoms with Crippen LogP contribution in [0.3, 0.4) is 0 Å². The molecule has 0 radical (unpaired) electrons. The van der Waals surface area contributed by atoms with E-state index in [0.717, 1.165) is 25.1 Å². The molecule has 2 fully saturated rings. The predicted octanol–water partition coefficient (Wildman–Crippen LogP) is 3.12. The first-order chi connectivity index (χ1) is 10.6. The van der Waals surface area contributed by atoms with Crippen LogP contribution in [0.25, 0.3) is 0 Å². The van der Waals surface area contributed by atoms with Gasteiger partial charge < -0.3 is 10.2 Å². The lowest BCUT2D eigenvalue weighted by Gasteiger charge is -2.29. The van der Waals surface area contributed by atoms with Crippen molar-refractivity contribution < 1.29 is 9.59 Å². The van der Waals surface area contributed by atoms with Gasteiger partial charge in [0.25, 0.3) is 5.91 Å². The first-order valence-corrected chi connectivity index (χ1v) is 8.36. The van der Waals surface area contributed by atoms with Crippen molar-refractivity contribution in [2.45, 2.75) is 51.5 Å². The highest BCUT2D eigenvalue weighted by Crippen LogP contribution is 2.25. The lowest BCUT2D eigenvalue weighted by Crippen LogP contribution is -2.41. The summed E-state index contributed by atoms with van der Waals surface area (Å²) in [5, 5.41) is 3.16. The van der Waals surface area contributed by atoms with Crippen LogP contribution in [0.2, 0.25) is 0 Å². The van der Waals surface area contributed by atoms with Gasteiger partial charge in [0.1, 0.15) is 0 Å². The maximum absolute atomic E-state index is 12.4. The quantitative estimate of drug-likeness (QED) is 0.932. The van der Waals surface area contributed by atoms with Gasteiger partial charge in [-0.2, -0.15) is 0 Å². The van der Waals surface area contributed by atoms with Gasteiger partial charge in [-0.1, -0.05) is 19.8 Å². The van der Waals surface area contributed by atoms with E-state index in [9.17, 15) is 9.59 Å². The molecule has 0 aromatic heterocycles. The number of nitrogens with one attached hydrogen (secondary N) is 1. The molecule has 1 saturated carbocycles. The summed E-state index contributed by atoms with van der Waals surface area (Å²) >= 11 is 0. The molecule has 0 bridgehead atoms. The van der Waals surface area contributed by atoms with E-state index in [1.54, 1.807) is 4.90 Å². The molecular weight excluding hydrogens is 276 g/mol. The fourth-order valence-electron chi connectivity index (χ4n) is 3.50. The minimum Gasteiger partial charge on any atom is -0.349 e. The van der Waals surface area contributed by atoms with E-state index < -0.39 is 0 Å². The van der Waals surface area contributed by atoms with Crippen molar-refractivity contribution in [2.24, 2.45) is 5.92 Å². The molecule has 0 unspecified atom stereocenters. The lowest BCUT2D eigenvalue weighted by molar-refractivity contribution is -0.117. The minimum atomic E-state index is -0.00181. The second kappa shape index (κ2) is 6.51. The van der Waals surface area contributed by atoms with Gasteiger partial charge in [0, 0.05) is 30.3 Å². The summed E-state index contributed by atoms with van der Waals surface area (Å²) in [4.78, 5) is 25.9. The molecule has 1 aliphatic heterocycles. The molecule has 1 aromatic carbocycles. The van der Waals surface area contributed by atoms with Crippen LogP contribution in [0.4, 0.5) is 5.69 Å². The average Bonchev–Trinajstić information content (AvgIpc) is 2.96. The van der Waals surface area contributed by atoms with E-state index in [4.69, 9.17) is 0 Å². The Labute approximate surface area is 131 Å². The molecular formula is C18H24N2O2. The highest BCUT2D eigenvalue weighted by Gasteiger charge is 2.24. The summed E-state index contributed by atoms with van der Waals surface area (Å²) in [6, 6.07) is 7.69. The number of hydrogen-bond donors (Lipinski definition) is 1. The van der Waals surface area contributed by atoms with Crippen LogP contribution in [-0.2, 0) is 4.79 Å². The van der Waals surface area contributed by atoms with E-state index in [-0.39, 0.29) is 11.8 Å². The van der Waals surface area contributed by atoms with E-state index in [2.05, 4.69) is 12.2 Å². The Morgan fingerprint density at radius 1 is 1.14 bits per heavy atom. The van der Waals surface area contributed by atoms with Crippen molar-refractivity contribution in [3.8, 4) is 0 Å². The molecule has 1 N–H and O–H groups in total. The summed E-state index contributed by atoms with van der Waals surface area (Å²) in [5.74, 6) is 0.727. The fourth-order valence-corrected chi connectivity index (χ4v) is 3.50. The summed E-state index contributed by atoms with van der Waals surface area (Å²) in [5.41, 5.74) is 1.57. The van der Waals surface area contributed by atoms with E-state index in [1.165, 1.54) is 19.3 Å². The topological polar surface area (TPSA) is 49.4 Å².